The van der Waals surface area contributed by atoms with Gasteiger partial charge >= 0.3 is 0 Å². The topological polar surface area (TPSA) is 62.9 Å². The Balaban J connectivity index is 1.86. The molecule has 1 aliphatic heterocycles. The van der Waals surface area contributed by atoms with Gasteiger partial charge in [0, 0.05) is 23.1 Å². The van der Waals surface area contributed by atoms with Crippen LogP contribution in [0.2, 0.25) is 0 Å². The maximum absolute atomic E-state index is 14.7. The molecule has 0 spiro atoms. The van der Waals surface area contributed by atoms with Gasteiger partial charge in [0.2, 0.25) is 10.8 Å². The van der Waals surface area contributed by atoms with Crippen molar-refractivity contribution < 1.29 is 14.2 Å². The molecule has 9 heteroatoms. The van der Waals surface area contributed by atoms with Gasteiger partial charge in [-0.05, 0) is 12.1 Å². The molecule has 1 N–H and O–H groups in total. The third kappa shape index (κ3) is 2.71. The summed E-state index contributed by atoms with van der Waals surface area (Å²) in [6.07, 6.45) is 1.39. The second-order valence-electron chi connectivity index (χ2n) is 5.46. The van der Waals surface area contributed by atoms with Crippen LogP contribution in [0.3, 0.4) is 0 Å². The van der Waals surface area contributed by atoms with Gasteiger partial charge in [-0.3, -0.25) is 4.90 Å². The van der Waals surface area contributed by atoms with Gasteiger partial charge in [0.15, 0.2) is 0 Å². The largest absolute Gasteiger partial charge is 0.492 e. The predicted octanol–water partition coefficient (Wildman–Crippen LogP) is 2.82. The normalized spacial score (nSPS) is 17.4. The van der Waals surface area contributed by atoms with Gasteiger partial charge in [-0.25, -0.2) is 9.37 Å². The molecule has 1 atom stereocenters. The Morgan fingerprint density at radius 1 is 1.33 bits per heavy atom. The fourth-order valence-corrected chi connectivity index (χ4v) is 4.35. The lowest BCUT2D eigenvalue weighted by molar-refractivity contribution is 0.0235. The first-order valence-electron chi connectivity index (χ1n) is 7.43. The fraction of sp³-hybridized carbons (Fsp3) is 0.333. The summed E-state index contributed by atoms with van der Waals surface area (Å²) >= 11 is 4.61. The number of benzene rings is 1. The fourth-order valence-electron chi connectivity index (χ4n) is 2.93. The highest BCUT2D eigenvalue weighted by molar-refractivity contribution is 9.10. The number of hydrogen-bond donors (Lipinski definition) is 1. The maximum atomic E-state index is 14.7. The van der Waals surface area contributed by atoms with Gasteiger partial charge in [0.1, 0.15) is 12.1 Å². The minimum absolute atomic E-state index is 0.00584. The number of ether oxygens (including phenoxy) is 1. The van der Waals surface area contributed by atoms with Crippen molar-refractivity contribution in [3.8, 4) is 5.88 Å². The zero-order valence-corrected chi connectivity index (χ0v) is 14.9. The van der Waals surface area contributed by atoms with Gasteiger partial charge in [-0.2, -0.15) is 9.61 Å². The van der Waals surface area contributed by atoms with E-state index in [-0.39, 0.29) is 11.7 Å². The van der Waals surface area contributed by atoms with Gasteiger partial charge in [0.25, 0.3) is 0 Å². The molecular formula is C15H14BrFN4O2S. The minimum Gasteiger partial charge on any atom is -0.492 e. The Morgan fingerprint density at radius 2 is 2.12 bits per heavy atom. The van der Waals surface area contributed by atoms with E-state index in [0.717, 1.165) is 0 Å². The second-order valence-corrected chi connectivity index (χ2v) is 7.39. The van der Waals surface area contributed by atoms with Crippen molar-refractivity contribution in [3.05, 3.63) is 45.3 Å². The van der Waals surface area contributed by atoms with Crippen molar-refractivity contribution in [2.24, 2.45) is 0 Å². The number of aromatic nitrogens is 3. The van der Waals surface area contributed by atoms with Crippen molar-refractivity contribution in [2.45, 2.75) is 6.04 Å². The van der Waals surface area contributed by atoms with Crippen LogP contribution in [0.15, 0.2) is 29.0 Å². The highest BCUT2D eigenvalue weighted by Crippen LogP contribution is 2.41. The summed E-state index contributed by atoms with van der Waals surface area (Å²) in [5.74, 6) is -0.314. The molecule has 0 saturated carbocycles. The molecule has 1 aromatic carbocycles. The number of thiazole rings is 1. The molecule has 1 fully saturated rings. The molecule has 6 nitrogen and oxygen atoms in total. The summed E-state index contributed by atoms with van der Waals surface area (Å²) in [5.41, 5.74) is 0.514. The van der Waals surface area contributed by atoms with E-state index < -0.39 is 6.04 Å². The standard InChI is InChI=1S/C15H14BrFN4O2S/c16-9-1-2-10(11(17)7-9)12(20-3-5-23-6-4-20)13-14(22)21-15(24-13)18-8-19-21/h1-2,7-8,12,22H,3-6H2/t12-/m0/s1. The number of morpholine rings is 1. The first-order chi connectivity index (χ1) is 11.6. The molecule has 0 amide bonds. The van der Waals surface area contributed by atoms with Gasteiger partial charge in [-0.15, -0.1) is 0 Å². The van der Waals surface area contributed by atoms with Crippen molar-refractivity contribution in [3.63, 3.8) is 0 Å². The monoisotopic (exact) mass is 412 g/mol. The van der Waals surface area contributed by atoms with Crippen LogP contribution >= 0.6 is 27.3 Å². The molecule has 3 heterocycles. The van der Waals surface area contributed by atoms with Crippen molar-refractivity contribution in [1.29, 1.82) is 0 Å². The highest BCUT2D eigenvalue weighted by atomic mass is 79.9. The number of nitrogens with zero attached hydrogens (tertiary/aromatic N) is 4. The molecule has 1 aliphatic rings. The zero-order chi connectivity index (χ0) is 16.7. The minimum atomic E-state index is -0.407. The van der Waals surface area contributed by atoms with E-state index in [0.29, 0.717) is 46.2 Å². The summed E-state index contributed by atoms with van der Waals surface area (Å²) in [6, 6.07) is 4.58. The molecule has 0 radical (unpaired) electrons. The number of fused-ring (bicyclic) bond motifs is 1. The van der Waals surface area contributed by atoms with Crippen LogP contribution < -0.4 is 0 Å². The third-order valence-corrected chi connectivity index (χ3v) is 5.63. The molecule has 1 saturated heterocycles. The molecule has 0 bridgehead atoms. The van der Waals surface area contributed by atoms with E-state index in [1.165, 1.54) is 28.2 Å². The zero-order valence-electron chi connectivity index (χ0n) is 12.5. The Bertz CT molecular complexity index is 878. The van der Waals surface area contributed by atoms with Gasteiger partial charge in [-0.1, -0.05) is 33.3 Å². The van der Waals surface area contributed by atoms with E-state index in [4.69, 9.17) is 4.74 Å². The van der Waals surface area contributed by atoms with E-state index in [9.17, 15) is 9.50 Å². The van der Waals surface area contributed by atoms with Crippen LogP contribution in [0.1, 0.15) is 16.5 Å². The first kappa shape index (κ1) is 15.9. The lowest BCUT2D eigenvalue weighted by Crippen LogP contribution is -2.39. The second kappa shape index (κ2) is 6.40. The molecule has 3 aromatic rings. The quantitative estimate of drug-likeness (QED) is 0.716. The summed E-state index contributed by atoms with van der Waals surface area (Å²) in [7, 11) is 0. The predicted molar refractivity (Wildman–Crippen MR) is 90.9 cm³/mol. The SMILES string of the molecule is Oc1c([C@H](c2ccc(Br)cc2F)N2CCOCC2)sc2ncnn12. The summed E-state index contributed by atoms with van der Waals surface area (Å²) in [5, 5.41) is 14.6. The Morgan fingerprint density at radius 3 is 2.83 bits per heavy atom. The van der Waals surface area contributed by atoms with Crippen molar-refractivity contribution in [1.82, 2.24) is 19.5 Å². The van der Waals surface area contributed by atoms with Crippen LogP contribution in [-0.4, -0.2) is 50.9 Å². The van der Waals surface area contributed by atoms with Crippen LogP contribution in [0.25, 0.3) is 4.96 Å². The molecular weight excluding hydrogens is 399 g/mol. The smallest absolute Gasteiger partial charge is 0.230 e. The molecule has 4 rings (SSSR count). The first-order valence-corrected chi connectivity index (χ1v) is 9.04. The number of rotatable bonds is 3. The summed E-state index contributed by atoms with van der Waals surface area (Å²) < 4.78 is 22.1. The molecule has 24 heavy (non-hydrogen) atoms. The van der Waals surface area contributed by atoms with Gasteiger partial charge < -0.3 is 9.84 Å². The number of hydrogen-bond acceptors (Lipinski definition) is 6. The van der Waals surface area contributed by atoms with Crippen molar-refractivity contribution >= 4 is 32.2 Å². The van der Waals surface area contributed by atoms with Crippen LogP contribution in [0, 0.1) is 5.82 Å². The molecule has 126 valence electrons. The number of halogens is 2. The van der Waals surface area contributed by atoms with Gasteiger partial charge in [0.05, 0.1) is 24.1 Å². The average Bonchev–Trinajstić information content (AvgIpc) is 3.15. The van der Waals surface area contributed by atoms with Crippen LogP contribution in [0.5, 0.6) is 5.88 Å². The van der Waals surface area contributed by atoms with E-state index >= 15 is 0 Å². The average molecular weight is 413 g/mol. The maximum Gasteiger partial charge on any atom is 0.230 e. The third-order valence-electron chi connectivity index (χ3n) is 4.05. The number of aromatic hydroxyl groups is 1. The molecule has 0 unspecified atom stereocenters. The molecule has 2 aromatic heterocycles. The Kier molecular flexibility index (Phi) is 4.25. The summed E-state index contributed by atoms with van der Waals surface area (Å²) in [4.78, 5) is 7.45. The van der Waals surface area contributed by atoms with Crippen molar-refractivity contribution in [2.75, 3.05) is 26.3 Å². The van der Waals surface area contributed by atoms with Crippen LogP contribution in [0.4, 0.5) is 4.39 Å². The summed E-state index contributed by atoms with van der Waals surface area (Å²) in [6.45, 7) is 2.48. The lowest BCUT2D eigenvalue weighted by Gasteiger charge is -2.34. The molecule has 0 aliphatic carbocycles. The Labute approximate surface area is 149 Å². The van der Waals surface area contributed by atoms with Crippen LogP contribution in [-0.2, 0) is 4.74 Å². The lowest BCUT2D eigenvalue weighted by atomic mass is 10.0. The van der Waals surface area contributed by atoms with E-state index in [1.807, 2.05) is 0 Å². The van der Waals surface area contributed by atoms with E-state index in [2.05, 4.69) is 30.9 Å². The Hall–Kier alpha value is -1.55. The van der Waals surface area contributed by atoms with E-state index in [1.54, 1.807) is 12.1 Å². The highest BCUT2D eigenvalue weighted by Gasteiger charge is 2.32.